The van der Waals surface area contributed by atoms with Gasteiger partial charge in [-0.3, -0.25) is 4.21 Å². The largest absolute Gasteiger partial charge is 0.508 e. The summed E-state index contributed by atoms with van der Waals surface area (Å²) < 4.78 is 11.4. The molecule has 0 amide bonds. The van der Waals surface area contributed by atoms with Crippen LogP contribution in [0, 0.1) is 0 Å². The average molecular weight is 289 g/mol. The standard InChI is InChI=1S/C16H19NO2S/c18-16-6-5-12-3-1-2-4-14(12)15(16)11-17-13-7-9-20(19)10-8-13/h1-6,13,17-18H,7-11H2. The van der Waals surface area contributed by atoms with Crippen molar-refractivity contribution >= 4 is 21.6 Å². The van der Waals surface area contributed by atoms with Gasteiger partial charge in [-0.1, -0.05) is 30.3 Å². The van der Waals surface area contributed by atoms with Gasteiger partial charge in [-0.15, -0.1) is 0 Å². The number of hydrogen-bond donors (Lipinski definition) is 2. The maximum atomic E-state index is 11.4. The van der Waals surface area contributed by atoms with E-state index in [0.29, 0.717) is 18.3 Å². The Hall–Kier alpha value is -1.39. The summed E-state index contributed by atoms with van der Waals surface area (Å²) in [7, 11) is -0.625. The van der Waals surface area contributed by atoms with Crippen LogP contribution in [0.1, 0.15) is 18.4 Å². The molecule has 1 fully saturated rings. The smallest absolute Gasteiger partial charge is 0.120 e. The molecule has 4 heteroatoms. The first-order valence-electron chi connectivity index (χ1n) is 7.02. The molecule has 0 unspecified atom stereocenters. The second-order valence-corrected chi connectivity index (χ2v) is 6.98. The number of rotatable bonds is 3. The summed E-state index contributed by atoms with van der Waals surface area (Å²) in [6, 6.07) is 12.2. The van der Waals surface area contributed by atoms with Crippen LogP contribution in [0.25, 0.3) is 10.8 Å². The van der Waals surface area contributed by atoms with Gasteiger partial charge in [0.25, 0.3) is 0 Å². The minimum absolute atomic E-state index is 0.343. The van der Waals surface area contributed by atoms with Crippen LogP contribution >= 0.6 is 0 Å². The minimum atomic E-state index is -0.625. The molecule has 0 aromatic heterocycles. The normalized spacial score (nSPS) is 23.0. The molecule has 0 atom stereocenters. The van der Waals surface area contributed by atoms with E-state index in [1.807, 2.05) is 24.3 Å². The summed E-state index contributed by atoms with van der Waals surface area (Å²) in [5, 5.41) is 15.8. The van der Waals surface area contributed by atoms with E-state index in [4.69, 9.17) is 0 Å². The third-order valence-corrected chi connectivity index (χ3v) is 5.35. The number of aromatic hydroxyl groups is 1. The summed E-state index contributed by atoms with van der Waals surface area (Å²) in [5.41, 5.74) is 0.954. The summed E-state index contributed by atoms with van der Waals surface area (Å²) in [4.78, 5) is 0. The van der Waals surface area contributed by atoms with Gasteiger partial charge >= 0.3 is 0 Å². The molecule has 0 bridgehead atoms. The van der Waals surface area contributed by atoms with Crippen LogP contribution in [0.3, 0.4) is 0 Å². The Balaban J connectivity index is 1.77. The van der Waals surface area contributed by atoms with Gasteiger partial charge in [-0.05, 0) is 29.7 Å². The zero-order chi connectivity index (χ0) is 13.9. The van der Waals surface area contributed by atoms with E-state index >= 15 is 0 Å². The van der Waals surface area contributed by atoms with Gasteiger partial charge in [0.2, 0.25) is 0 Å². The molecule has 2 aromatic carbocycles. The quantitative estimate of drug-likeness (QED) is 0.913. The molecule has 0 aliphatic carbocycles. The Kier molecular flexibility index (Phi) is 4.03. The molecule has 1 saturated heterocycles. The third kappa shape index (κ3) is 2.86. The van der Waals surface area contributed by atoms with Crippen LogP contribution in [-0.2, 0) is 17.3 Å². The molecule has 2 N–H and O–H groups in total. The molecule has 0 spiro atoms. The van der Waals surface area contributed by atoms with Crippen LogP contribution < -0.4 is 5.32 Å². The van der Waals surface area contributed by atoms with Gasteiger partial charge in [0, 0.05) is 40.5 Å². The summed E-state index contributed by atoms with van der Waals surface area (Å²) in [6.45, 7) is 0.657. The first kappa shape index (κ1) is 13.6. The molecule has 0 saturated carbocycles. The van der Waals surface area contributed by atoms with Crippen LogP contribution in [-0.4, -0.2) is 26.9 Å². The lowest BCUT2D eigenvalue weighted by Crippen LogP contribution is -2.35. The summed E-state index contributed by atoms with van der Waals surface area (Å²) in [6.07, 6.45) is 1.91. The van der Waals surface area contributed by atoms with Crippen molar-refractivity contribution in [3.63, 3.8) is 0 Å². The van der Waals surface area contributed by atoms with Crippen LogP contribution in [0.15, 0.2) is 36.4 Å². The third-order valence-electron chi connectivity index (χ3n) is 3.97. The molecule has 1 aliphatic heterocycles. The molecular weight excluding hydrogens is 270 g/mol. The number of benzene rings is 2. The maximum Gasteiger partial charge on any atom is 0.120 e. The lowest BCUT2D eigenvalue weighted by Gasteiger charge is -2.23. The van der Waals surface area contributed by atoms with E-state index in [1.54, 1.807) is 6.07 Å². The highest BCUT2D eigenvalue weighted by atomic mass is 32.2. The minimum Gasteiger partial charge on any atom is -0.508 e. The van der Waals surface area contributed by atoms with Crippen LogP contribution in [0.2, 0.25) is 0 Å². The fourth-order valence-corrected chi connectivity index (χ4v) is 4.05. The van der Waals surface area contributed by atoms with Crippen molar-refractivity contribution < 1.29 is 9.32 Å². The van der Waals surface area contributed by atoms with E-state index in [9.17, 15) is 9.32 Å². The van der Waals surface area contributed by atoms with Gasteiger partial charge in [0.1, 0.15) is 5.75 Å². The van der Waals surface area contributed by atoms with Gasteiger partial charge in [0.05, 0.1) is 0 Å². The van der Waals surface area contributed by atoms with Crippen molar-refractivity contribution in [3.05, 3.63) is 42.0 Å². The van der Waals surface area contributed by atoms with Gasteiger partial charge in [-0.25, -0.2) is 0 Å². The van der Waals surface area contributed by atoms with Crippen molar-refractivity contribution in [2.45, 2.75) is 25.4 Å². The second kappa shape index (κ2) is 5.94. The summed E-state index contributed by atoms with van der Waals surface area (Å²) in [5.74, 6) is 1.92. The Labute approximate surface area is 121 Å². The van der Waals surface area contributed by atoms with Crippen molar-refractivity contribution in [2.24, 2.45) is 0 Å². The van der Waals surface area contributed by atoms with Crippen LogP contribution in [0.4, 0.5) is 0 Å². The van der Waals surface area contributed by atoms with Crippen molar-refractivity contribution in [1.82, 2.24) is 5.32 Å². The highest BCUT2D eigenvalue weighted by molar-refractivity contribution is 7.85. The molecule has 3 nitrogen and oxygen atoms in total. The number of phenolic OH excluding ortho intramolecular Hbond substituents is 1. The fraction of sp³-hybridized carbons (Fsp3) is 0.375. The van der Waals surface area contributed by atoms with E-state index in [-0.39, 0.29) is 0 Å². The Morgan fingerprint density at radius 3 is 2.70 bits per heavy atom. The number of phenols is 1. The zero-order valence-electron chi connectivity index (χ0n) is 11.3. The zero-order valence-corrected chi connectivity index (χ0v) is 12.2. The highest BCUT2D eigenvalue weighted by Gasteiger charge is 2.18. The number of fused-ring (bicyclic) bond motifs is 1. The lowest BCUT2D eigenvalue weighted by molar-refractivity contribution is 0.446. The van der Waals surface area contributed by atoms with Crippen molar-refractivity contribution in [1.29, 1.82) is 0 Å². The van der Waals surface area contributed by atoms with Crippen molar-refractivity contribution in [2.75, 3.05) is 11.5 Å². The van der Waals surface area contributed by atoms with Gasteiger partial charge < -0.3 is 10.4 Å². The monoisotopic (exact) mass is 289 g/mol. The molecule has 1 heterocycles. The molecule has 1 aliphatic rings. The van der Waals surface area contributed by atoms with Crippen molar-refractivity contribution in [3.8, 4) is 5.75 Å². The molecule has 3 rings (SSSR count). The molecule has 0 radical (unpaired) electrons. The predicted molar refractivity (Wildman–Crippen MR) is 83.4 cm³/mol. The number of hydrogen-bond acceptors (Lipinski definition) is 3. The van der Waals surface area contributed by atoms with E-state index in [1.165, 1.54) is 0 Å². The van der Waals surface area contributed by atoms with E-state index in [0.717, 1.165) is 40.7 Å². The van der Waals surface area contributed by atoms with Crippen LogP contribution in [0.5, 0.6) is 5.75 Å². The molecule has 106 valence electrons. The van der Waals surface area contributed by atoms with Gasteiger partial charge in [-0.2, -0.15) is 0 Å². The first-order chi connectivity index (χ1) is 9.74. The first-order valence-corrected chi connectivity index (χ1v) is 8.51. The molecular formula is C16H19NO2S. The Bertz CT molecular complexity index is 631. The van der Waals surface area contributed by atoms with Gasteiger partial charge in [0.15, 0.2) is 0 Å². The Morgan fingerprint density at radius 1 is 1.15 bits per heavy atom. The predicted octanol–water partition coefficient (Wildman–Crippen LogP) is 2.55. The Morgan fingerprint density at radius 2 is 1.90 bits per heavy atom. The summed E-state index contributed by atoms with van der Waals surface area (Å²) >= 11 is 0. The molecule has 2 aromatic rings. The highest BCUT2D eigenvalue weighted by Crippen LogP contribution is 2.27. The topological polar surface area (TPSA) is 49.3 Å². The maximum absolute atomic E-state index is 11.4. The average Bonchev–Trinajstić information content (AvgIpc) is 2.48. The lowest BCUT2D eigenvalue weighted by atomic mass is 10.0. The van der Waals surface area contributed by atoms with E-state index < -0.39 is 10.8 Å². The SMILES string of the molecule is O=S1CCC(NCc2c(O)ccc3ccccc23)CC1. The number of nitrogens with one attached hydrogen (secondary N) is 1. The fourth-order valence-electron chi connectivity index (χ4n) is 2.75. The second-order valence-electron chi connectivity index (χ2n) is 5.29. The van der Waals surface area contributed by atoms with E-state index in [2.05, 4.69) is 11.4 Å². The molecule has 20 heavy (non-hydrogen) atoms.